The van der Waals surface area contributed by atoms with Gasteiger partial charge in [0.05, 0.1) is 12.5 Å². The molecule has 1 unspecified atom stereocenters. The number of nitrogens with two attached hydrogens (primary N) is 1. The van der Waals surface area contributed by atoms with Crippen LogP contribution in [0.3, 0.4) is 0 Å². The first-order valence-electron chi connectivity index (χ1n) is 4.88. The SMILES string of the molecule is CSCC[C@H](NC(=O)C(N)CC(=O)O)C(=O)O. The fraction of sp³-hybridized carbons (Fsp3) is 0.667. The lowest BCUT2D eigenvalue weighted by molar-refractivity contribution is -0.142. The maximum atomic E-state index is 11.4. The normalized spacial score (nSPS) is 13.8. The van der Waals surface area contributed by atoms with Gasteiger partial charge in [-0.05, 0) is 18.4 Å². The summed E-state index contributed by atoms with van der Waals surface area (Å²) in [6.45, 7) is 0. The van der Waals surface area contributed by atoms with Crippen molar-refractivity contribution < 1.29 is 24.6 Å². The summed E-state index contributed by atoms with van der Waals surface area (Å²) in [5.74, 6) is -2.55. The smallest absolute Gasteiger partial charge is 0.326 e. The van der Waals surface area contributed by atoms with Crippen molar-refractivity contribution >= 4 is 29.6 Å². The molecule has 98 valence electrons. The Morgan fingerprint density at radius 3 is 2.35 bits per heavy atom. The number of rotatable bonds is 8. The second kappa shape index (κ2) is 7.91. The number of carbonyl (C=O) groups is 3. The molecule has 1 amide bonds. The maximum Gasteiger partial charge on any atom is 0.326 e. The third kappa shape index (κ3) is 6.80. The van der Waals surface area contributed by atoms with Gasteiger partial charge in [-0.25, -0.2) is 4.79 Å². The number of carboxylic acid groups (broad SMARTS) is 2. The molecule has 7 nitrogen and oxygen atoms in total. The lowest BCUT2D eigenvalue weighted by Gasteiger charge is -2.16. The molecule has 0 radical (unpaired) electrons. The summed E-state index contributed by atoms with van der Waals surface area (Å²) in [4.78, 5) is 32.5. The third-order valence-electron chi connectivity index (χ3n) is 1.96. The number of amides is 1. The number of carboxylic acids is 2. The number of carbonyl (C=O) groups excluding carboxylic acids is 1. The van der Waals surface area contributed by atoms with Crippen molar-refractivity contribution in [2.24, 2.45) is 5.73 Å². The number of thioether (sulfide) groups is 1. The monoisotopic (exact) mass is 264 g/mol. The summed E-state index contributed by atoms with van der Waals surface area (Å²) in [5, 5.41) is 19.5. The van der Waals surface area contributed by atoms with Crippen molar-refractivity contribution in [2.45, 2.75) is 24.9 Å². The van der Waals surface area contributed by atoms with Crippen LogP contribution in [0.4, 0.5) is 0 Å². The van der Waals surface area contributed by atoms with E-state index in [1.807, 2.05) is 6.26 Å². The fourth-order valence-electron chi connectivity index (χ4n) is 1.05. The summed E-state index contributed by atoms with van der Waals surface area (Å²) in [6, 6.07) is -2.27. The average molecular weight is 264 g/mol. The van der Waals surface area contributed by atoms with Crippen LogP contribution in [-0.4, -0.2) is 52.2 Å². The Labute approximate surface area is 103 Å². The van der Waals surface area contributed by atoms with Gasteiger partial charge in [0, 0.05) is 0 Å². The first-order valence-corrected chi connectivity index (χ1v) is 6.27. The van der Waals surface area contributed by atoms with Crippen LogP contribution >= 0.6 is 11.8 Å². The first kappa shape index (κ1) is 15.7. The van der Waals surface area contributed by atoms with Crippen LogP contribution < -0.4 is 11.1 Å². The lowest BCUT2D eigenvalue weighted by atomic mass is 10.1. The van der Waals surface area contributed by atoms with Crippen LogP contribution in [0.25, 0.3) is 0 Å². The van der Waals surface area contributed by atoms with Crippen LogP contribution in [0.15, 0.2) is 0 Å². The van der Waals surface area contributed by atoms with Crippen LogP contribution in [0.1, 0.15) is 12.8 Å². The summed E-state index contributed by atoms with van der Waals surface area (Å²) in [6.07, 6.45) is 1.56. The molecule has 0 rings (SSSR count). The summed E-state index contributed by atoms with van der Waals surface area (Å²) in [7, 11) is 0. The van der Waals surface area contributed by atoms with E-state index in [2.05, 4.69) is 5.32 Å². The van der Waals surface area contributed by atoms with Crippen molar-refractivity contribution in [3.8, 4) is 0 Å². The van der Waals surface area contributed by atoms with Gasteiger partial charge in [-0.1, -0.05) is 0 Å². The Morgan fingerprint density at radius 1 is 1.35 bits per heavy atom. The minimum atomic E-state index is -1.23. The molecule has 0 fully saturated rings. The van der Waals surface area contributed by atoms with E-state index in [0.29, 0.717) is 5.75 Å². The Bertz CT molecular complexity index is 297. The molecule has 0 aromatic heterocycles. The predicted octanol–water partition coefficient (Wildman–Crippen LogP) is -0.889. The zero-order valence-corrected chi connectivity index (χ0v) is 10.2. The molecule has 8 heteroatoms. The standard InChI is InChI=1S/C9H16N2O5S/c1-17-3-2-6(9(15)16)11-8(14)5(10)4-7(12)13/h5-6H,2-4,10H2,1H3,(H,11,14)(H,12,13)(H,15,16)/t5?,6-/m0/s1. The highest BCUT2D eigenvalue weighted by molar-refractivity contribution is 7.98. The molecule has 0 aliphatic carbocycles. The summed E-state index contributed by atoms with van der Waals surface area (Å²) < 4.78 is 0. The zero-order chi connectivity index (χ0) is 13.4. The Balaban J connectivity index is 4.29. The second-order valence-electron chi connectivity index (χ2n) is 3.39. The number of hydrogen-bond donors (Lipinski definition) is 4. The van der Waals surface area contributed by atoms with Crippen molar-refractivity contribution in [3.63, 3.8) is 0 Å². The highest BCUT2D eigenvalue weighted by atomic mass is 32.2. The van der Waals surface area contributed by atoms with E-state index in [1.165, 1.54) is 11.8 Å². The van der Waals surface area contributed by atoms with E-state index in [1.54, 1.807) is 0 Å². The molecule has 0 aromatic rings. The zero-order valence-electron chi connectivity index (χ0n) is 9.38. The van der Waals surface area contributed by atoms with Crippen molar-refractivity contribution in [2.75, 3.05) is 12.0 Å². The van der Waals surface area contributed by atoms with E-state index >= 15 is 0 Å². The molecule has 0 aliphatic heterocycles. The molecular weight excluding hydrogens is 248 g/mol. The molecule has 0 saturated heterocycles. The molecule has 0 heterocycles. The topological polar surface area (TPSA) is 130 Å². The van der Waals surface area contributed by atoms with E-state index in [-0.39, 0.29) is 6.42 Å². The van der Waals surface area contributed by atoms with Crippen molar-refractivity contribution in [3.05, 3.63) is 0 Å². The molecule has 0 spiro atoms. The number of aliphatic carboxylic acids is 2. The molecule has 0 aliphatic rings. The van der Waals surface area contributed by atoms with Gasteiger partial charge < -0.3 is 21.3 Å². The second-order valence-corrected chi connectivity index (χ2v) is 4.37. The largest absolute Gasteiger partial charge is 0.481 e. The van der Waals surface area contributed by atoms with E-state index < -0.39 is 36.4 Å². The third-order valence-corrected chi connectivity index (χ3v) is 2.60. The van der Waals surface area contributed by atoms with Gasteiger partial charge >= 0.3 is 11.9 Å². The lowest BCUT2D eigenvalue weighted by Crippen LogP contribution is -2.49. The average Bonchev–Trinajstić information content (AvgIpc) is 2.22. The summed E-state index contributed by atoms with van der Waals surface area (Å²) in [5.41, 5.74) is 5.30. The van der Waals surface area contributed by atoms with E-state index in [0.717, 1.165) is 0 Å². The molecule has 2 atom stereocenters. The van der Waals surface area contributed by atoms with Crippen molar-refractivity contribution in [1.29, 1.82) is 0 Å². The fourth-order valence-corrected chi connectivity index (χ4v) is 1.52. The highest BCUT2D eigenvalue weighted by Crippen LogP contribution is 2.01. The van der Waals surface area contributed by atoms with Crippen LogP contribution in [0.5, 0.6) is 0 Å². The highest BCUT2D eigenvalue weighted by Gasteiger charge is 2.24. The number of nitrogens with one attached hydrogen (secondary N) is 1. The molecular formula is C9H16N2O5S. The Hall–Kier alpha value is -1.28. The van der Waals surface area contributed by atoms with Crippen LogP contribution in [-0.2, 0) is 14.4 Å². The molecule has 0 aromatic carbocycles. The number of hydrogen-bond acceptors (Lipinski definition) is 5. The van der Waals surface area contributed by atoms with Crippen molar-refractivity contribution in [1.82, 2.24) is 5.32 Å². The molecule has 0 saturated carbocycles. The summed E-state index contributed by atoms with van der Waals surface area (Å²) >= 11 is 1.45. The quantitative estimate of drug-likeness (QED) is 0.447. The maximum absolute atomic E-state index is 11.4. The minimum absolute atomic E-state index is 0.266. The van der Waals surface area contributed by atoms with E-state index in [9.17, 15) is 14.4 Å². The first-order chi connectivity index (χ1) is 7.88. The van der Waals surface area contributed by atoms with Gasteiger partial charge in [0.1, 0.15) is 6.04 Å². The predicted molar refractivity (Wildman–Crippen MR) is 62.8 cm³/mol. The van der Waals surface area contributed by atoms with Gasteiger partial charge in [-0.3, -0.25) is 9.59 Å². The van der Waals surface area contributed by atoms with Gasteiger partial charge in [0.15, 0.2) is 0 Å². The van der Waals surface area contributed by atoms with Gasteiger partial charge in [-0.2, -0.15) is 11.8 Å². The Kier molecular flexibility index (Phi) is 7.31. The minimum Gasteiger partial charge on any atom is -0.481 e. The van der Waals surface area contributed by atoms with Crippen LogP contribution in [0, 0.1) is 0 Å². The van der Waals surface area contributed by atoms with Crippen LogP contribution in [0.2, 0.25) is 0 Å². The van der Waals surface area contributed by atoms with E-state index in [4.69, 9.17) is 15.9 Å². The molecule has 0 bridgehead atoms. The van der Waals surface area contributed by atoms with Gasteiger partial charge in [0.25, 0.3) is 0 Å². The molecule has 5 N–H and O–H groups in total. The Morgan fingerprint density at radius 2 is 1.94 bits per heavy atom. The molecule has 17 heavy (non-hydrogen) atoms. The van der Waals surface area contributed by atoms with Gasteiger partial charge in [-0.15, -0.1) is 0 Å². The van der Waals surface area contributed by atoms with Gasteiger partial charge in [0.2, 0.25) is 5.91 Å².